The fourth-order valence-electron chi connectivity index (χ4n) is 1.66. The summed E-state index contributed by atoms with van der Waals surface area (Å²) in [4.78, 5) is 24.2. The number of likely N-dealkylation sites (tertiary alicyclic amines) is 1. The van der Waals surface area contributed by atoms with E-state index in [0.29, 0.717) is 6.54 Å². The number of piperidine rings is 1. The predicted octanol–water partition coefficient (Wildman–Crippen LogP) is 0.604. The number of Topliss-reactive ketones (excluding diaryl/α,β-unsaturated/α-hetero) is 1. The van der Waals surface area contributed by atoms with E-state index in [1.54, 1.807) is 0 Å². The van der Waals surface area contributed by atoms with Crippen molar-refractivity contribution in [3.63, 3.8) is 0 Å². The van der Waals surface area contributed by atoms with Crippen molar-refractivity contribution in [3.8, 4) is 0 Å². The molecule has 1 rings (SSSR count). The highest BCUT2D eigenvalue weighted by Gasteiger charge is 2.16. The summed E-state index contributed by atoms with van der Waals surface area (Å²) in [7, 11) is 1.30. The molecule has 0 aromatic heterocycles. The zero-order valence-corrected chi connectivity index (χ0v) is 8.62. The monoisotopic (exact) mass is 199 g/mol. The van der Waals surface area contributed by atoms with Crippen LogP contribution < -0.4 is 0 Å². The molecule has 14 heavy (non-hydrogen) atoms. The van der Waals surface area contributed by atoms with Crippen LogP contribution in [0, 0.1) is 0 Å². The molecule has 1 aliphatic rings. The van der Waals surface area contributed by atoms with E-state index in [9.17, 15) is 9.59 Å². The maximum atomic E-state index is 11.3. The molecule has 0 aromatic carbocycles. The minimum Gasteiger partial charge on any atom is -0.469 e. The third-order valence-electron chi connectivity index (χ3n) is 2.42. The summed E-state index contributed by atoms with van der Waals surface area (Å²) in [5, 5.41) is 0. The van der Waals surface area contributed by atoms with Crippen LogP contribution in [0.3, 0.4) is 0 Å². The summed E-state index contributed by atoms with van der Waals surface area (Å²) in [6.45, 7) is 2.36. The van der Waals surface area contributed by atoms with Gasteiger partial charge in [-0.1, -0.05) is 6.42 Å². The topological polar surface area (TPSA) is 46.6 Å². The second kappa shape index (κ2) is 5.75. The highest BCUT2D eigenvalue weighted by atomic mass is 16.5. The molecule has 4 nitrogen and oxygen atoms in total. The highest BCUT2D eigenvalue weighted by Crippen LogP contribution is 2.08. The third kappa shape index (κ3) is 3.87. The van der Waals surface area contributed by atoms with Gasteiger partial charge < -0.3 is 4.74 Å². The molecule has 1 heterocycles. The second-order valence-corrected chi connectivity index (χ2v) is 3.63. The summed E-state index contributed by atoms with van der Waals surface area (Å²) < 4.78 is 4.43. The maximum Gasteiger partial charge on any atom is 0.313 e. The fourth-order valence-corrected chi connectivity index (χ4v) is 1.66. The van der Waals surface area contributed by atoms with Crippen LogP contribution in [0.25, 0.3) is 0 Å². The van der Waals surface area contributed by atoms with Crippen LogP contribution >= 0.6 is 0 Å². The SMILES string of the molecule is COC(=O)CC(=O)CN1CCCCC1. The molecule has 0 bridgehead atoms. The molecule has 0 atom stereocenters. The van der Waals surface area contributed by atoms with E-state index in [1.165, 1.54) is 13.5 Å². The van der Waals surface area contributed by atoms with Crippen molar-refractivity contribution in [2.75, 3.05) is 26.7 Å². The van der Waals surface area contributed by atoms with E-state index < -0.39 is 5.97 Å². The number of hydrogen-bond acceptors (Lipinski definition) is 4. The second-order valence-electron chi connectivity index (χ2n) is 3.63. The van der Waals surface area contributed by atoms with E-state index in [1.807, 2.05) is 0 Å². The normalized spacial score (nSPS) is 17.8. The first-order chi connectivity index (χ1) is 6.72. The van der Waals surface area contributed by atoms with Gasteiger partial charge in [-0.25, -0.2) is 0 Å². The molecule has 0 unspecified atom stereocenters. The van der Waals surface area contributed by atoms with E-state index >= 15 is 0 Å². The molecule has 0 radical (unpaired) electrons. The minimum atomic E-state index is -0.438. The van der Waals surface area contributed by atoms with Crippen LogP contribution in [-0.4, -0.2) is 43.4 Å². The zero-order valence-electron chi connectivity index (χ0n) is 8.62. The first-order valence-corrected chi connectivity index (χ1v) is 5.03. The number of carbonyl (C=O) groups excluding carboxylic acids is 2. The first-order valence-electron chi connectivity index (χ1n) is 5.03. The van der Waals surface area contributed by atoms with Gasteiger partial charge in [0.15, 0.2) is 5.78 Å². The molecule has 0 spiro atoms. The Bertz CT molecular complexity index is 209. The molecule has 0 amide bonds. The van der Waals surface area contributed by atoms with Gasteiger partial charge in [0.25, 0.3) is 0 Å². The molecular formula is C10H17NO3. The summed E-state index contributed by atoms with van der Waals surface area (Å²) >= 11 is 0. The average Bonchev–Trinajstić information content (AvgIpc) is 2.19. The minimum absolute atomic E-state index is 0.0428. The smallest absolute Gasteiger partial charge is 0.313 e. The van der Waals surface area contributed by atoms with Crippen LogP contribution in [0.5, 0.6) is 0 Å². The average molecular weight is 199 g/mol. The standard InChI is InChI=1S/C10H17NO3/c1-14-10(13)7-9(12)8-11-5-3-2-4-6-11/h2-8H2,1H3. The van der Waals surface area contributed by atoms with Crippen molar-refractivity contribution < 1.29 is 14.3 Å². The molecule has 0 aromatic rings. The van der Waals surface area contributed by atoms with Gasteiger partial charge in [-0.05, 0) is 25.9 Å². The number of esters is 1. The van der Waals surface area contributed by atoms with Crippen molar-refractivity contribution in [2.24, 2.45) is 0 Å². The molecule has 4 heteroatoms. The van der Waals surface area contributed by atoms with Crippen molar-refractivity contribution >= 4 is 11.8 Å². The summed E-state index contributed by atoms with van der Waals surface area (Å²) in [6, 6.07) is 0. The number of carbonyl (C=O) groups is 2. The van der Waals surface area contributed by atoms with Crippen LogP contribution in [0.15, 0.2) is 0 Å². The summed E-state index contributed by atoms with van der Waals surface area (Å²) in [6.07, 6.45) is 3.48. The molecule has 0 saturated carbocycles. The Balaban J connectivity index is 2.21. The van der Waals surface area contributed by atoms with Gasteiger partial charge in [0, 0.05) is 0 Å². The van der Waals surface area contributed by atoms with Gasteiger partial charge in [-0.15, -0.1) is 0 Å². The Morgan fingerprint density at radius 3 is 2.43 bits per heavy atom. The van der Waals surface area contributed by atoms with Crippen molar-refractivity contribution in [1.29, 1.82) is 0 Å². The largest absolute Gasteiger partial charge is 0.469 e. The zero-order chi connectivity index (χ0) is 10.4. The van der Waals surface area contributed by atoms with E-state index in [4.69, 9.17) is 0 Å². The number of ketones is 1. The summed E-state index contributed by atoms with van der Waals surface area (Å²) in [5.74, 6) is -0.481. The molecular weight excluding hydrogens is 182 g/mol. The Morgan fingerprint density at radius 2 is 1.86 bits per heavy atom. The summed E-state index contributed by atoms with van der Waals surface area (Å²) in [5.41, 5.74) is 0. The van der Waals surface area contributed by atoms with E-state index in [2.05, 4.69) is 9.64 Å². The molecule has 0 aliphatic carbocycles. The van der Waals surface area contributed by atoms with Crippen molar-refractivity contribution in [2.45, 2.75) is 25.7 Å². The van der Waals surface area contributed by atoms with Crippen molar-refractivity contribution in [3.05, 3.63) is 0 Å². The van der Waals surface area contributed by atoms with Crippen LogP contribution in [0.4, 0.5) is 0 Å². The molecule has 1 saturated heterocycles. The number of methoxy groups -OCH3 is 1. The molecule has 80 valence electrons. The van der Waals surface area contributed by atoms with Gasteiger partial charge >= 0.3 is 5.97 Å². The Morgan fingerprint density at radius 1 is 1.21 bits per heavy atom. The Hall–Kier alpha value is -0.900. The van der Waals surface area contributed by atoms with Gasteiger partial charge in [-0.2, -0.15) is 0 Å². The molecule has 1 fully saturated rings. The van der Waals surface area contributed by atoms with Crippen molar-refractivity contribution in [1.82, 2.24) is 4.90 Å². The first kappa shape index (κ1) is 11.2. The lowest BCUT2D eigenvalue weighted by atomic mass is 10.1. The quantitative estimate of drug-likeness (QED) is 0.491. The lowest BCUT2D eigenvalue weighted by Crippen LogP contribution is -2.35. The number of hydrogen-bond donors (Lipinski definition) is 0. The van der Waals surface area contributed by atoms with Gasteiger partial charge in [0.05, 0.1) is 13.7 Å². The number of ether oxygens (including phenoxy) is 1. The predicted molar refractivity (Wildman–Crippen MR) is 51.9 cm³/mol. The lowest BCUT2D eigenvalue weighted by molar-refractivity contribution is -0.143. The Labute approximate surface area is 84.2 Å². The van der Waals surface area contributed by atoms with E-state index in [-0.39, 0.29) is 12.2 Å². The number of nitrogens with zero attached hydrogens (tertiary/aromatic N) is 1. The van der Waals surface area contributed by atoms with Crippen LogP contribution in [0.1, 0.15) is 25.7 Å². The number of rotatable bonds is 4. The van der Waals surface area contributed by atoms with E-state index in [0.717, 1.165) is 25.9 Å². The van der Waals surface area contributed by atoms with Gasteiger partial charge in [0.1, 0.15) is 6.42 Å². The van der Waals surface area contributed by atoms with Crippen LogP contribution in [0.2, 0.25) is 0 Å². The van der Waals surface area contributed by atoms with Gasteiger partial charge in [0.2, 0.25) is 0 Å². The Kier molecular flexibility index (Phi) is 4.59. The van der Waals surface area contributed by atoms with Gasteiger partial charge in [-0.3, -0.25) is 14.5 Å². The van der Waals surface area contributed by atoms with Crippen LogP contribution in [-0.2, 0) is 14.3 Å². The molecule has 1 aliphatic heterocycles. The third-order valence-corrected chi connectivity index (χ3v) is 2.42. The lowest BCUT2D eigenvalue weighted by Gasteiger charge is -2.25. The fraction of sp³-hybridized carbons (Fsp3) is 0.800. The maximum absolute atomic E-state index is 11.3. The highest BCUT2D eigenvalue weighted by molar-refractivity contribution is 5.96. The molecule has 0 N–H and O–H groups in total.